The number of aromatic nitrogens is 2. The highest BCUT2D eigenvalue weighted by Gasteiger charge is 2.17. The van der Waals surface area contributed by atoms with Crippen LogP contribution in [0, 0.1) is 0 Å². The van der Waals surface area contributed by atoms with Crippen molar-refractivity contribution < 1.29 is 4.11 Å². The average molecular weight is 640 g/mol. The molecule has 0 unspecified atom stereocenters. The van der Waals surface area contributed by atoms with Crippen LogP contribution in [0.5, 0.6) is 0 Å². The molecule has 0 amide bonds. The lowest BCUT2D eigenvalue weighted by Crippen LogP contribution is -1.94. The van der Waals surface area contributed by atoms with Gasteiger partial charge in [-0.05, 0) is 94.0 Å². The number of fused-ring (bicyclic) bond motifs is 6. The molecule has 0 bridgehead atoms. The van der Waals surface area contributed by atoms with Gasteiger partial charge in [-0.15, -0.1) is 0 Å². The highest BCUT2D eigenvalue weighted by atomic mass is 15.0. The standard InChI is InChI=1S/C48H32N2/c1-4-12-33(13-5-1)35-20-25-40(26-21-35)50-47-29-24-37(31-44(47)42-27-22-38(32-48(42)50)34-14-6-2-7-15-34)36-23-28-46-43(30-36)41-18-10-11-19-45(41)49(46)39-16-8-3-9-17-39/h1-32H/i23D,28D,30D. The molecular weight excluding hydrogens is 605 g/mol. The zero-order valence-electron chi connectivity index (χ0n) is 30.1. The van der Waals surface area contributed by atoms with Crippen LogP contribution in [0.25, 0.3) is 88.4 Å². The van der Waals surface area contributed by atoms with Gasteiger partial charge in [0.15, 0.2) is 0 Å². The Kier molecular flexibility index (Phi) is 5.84. The van der Waals surface area contributed by atoms with E-state index in [9.17, 15) is 4.11 Å². The molecule has 0 aliphatic carbocycles. The fourth-order valence-corrected chi connectivity index (χ4v) is 7.45. The Hall–Kier alpha value is -6.64. The van der Waals surface area contributed by atoms with Crippen LogP contribution < -0.4 is 0 Å². The summed E-state index contributed by atoms with van der Waals surface area (Å²) < 4.78 is 32.8. The monoisotopic (exact) mass is 639 g/mol. The average Bonchev–Trinajstić information content (AvgIpc) is 3.74. The first kappa shape index (κ1) is 25.4. The van der Waals surface area contributed by atoms with Crippen molar-refractivity contribution in [3.63, 3.8) is 0 Å². The number of rotatable bonds is 5. The summed E-state index contributed by atoms with van der Waals surface area (Å²) in [6.45, 7) is 0. The van der Waals surface area contributed by atoms with Gasteiger partial charge in [0, 0.05) is 32.9 Å². The van der Waals surface area contributed by atoms with Gasteiger partial charge in [-0.1, -0.05) is 133 Å². The van der Waals surface area contributed by atoms with Gasteiger partial charge >= 0.3 is 0 Å². The van der Waals surface area contributed by atoms with E-state index in [1.165, 1.54) is 5.56 Å². The zero-order chi connectivity index (χ0) is 35.6. The van der Waals surface area contributed by atoms with Crippen LogP contribution in [-0.4, -0.2) is 9.13 Å². The molecule has 2 heteroatoms. The highest BCUT2D eigenvalue weighted by molar-refractivity contribution is 6.13. The summed E-state index contributed by atoms with van der Waals surface area (Å²) in [7, 11) is 0. The van der Waals surface area contributed by atoms with Crippen molar-refractivity contribution in [1.29, 1.82) is 0 Å². The quantitative estimate of drug-likeness (QED) is 0.177. The first-order valence-corrected chi connectivity index (χ1v) is 16.9. The van der Waals surface area contributed by atoms with Crippen LogP contribution in [0.2, 0.25) is 0 Å². The fraction of sp³-hybridized carbons (Fsp3) is 0. The predicted molar refractivity (Wildman–Crippen MR) is 211 cm³/mol. The zero-order valence-corrected chi connectivity index (χ0v) is 27.1. The third kappa shape index (κ3) is 4.57. The van der Waals surface area contributed by atoms with Gasteiger partial charge in [-0.3, -0.25) is 0 Å². The minimum Gasteiger partial charge on any atom is -0.309 e. The van der Waals surface area contributed by atoms with E-state index >= 15 is 0 Å². The van der Waals surface area contributed by atoms with Gasteiger partial charge in [0.25, 0.3) is 0 Å². The maximum atomic E-state index is 9.68. The van der Waals surface area contributed by atoms with Crippen molar-refractivity contribution in [2.24, 2.45) is 0 Å². The van der Waals surface area contributed by atoms with Crippen LogP contribution in [0.4, 0.5) is 0 Å². The Morgan fingerprint density at radius 1 is 0.300 bits per heavy atom. The highest BCUT2D eigenvalue weighted by Crippen LogP contribution is 2.39. The molecular formula is C48H32N2. The van der Waals surface area contributed by atoms with E-state index in [1.807, 2.05) is 77.4 Å². The summed E-state index contributed by atoms with van der Waals surface area (Å²) in [5, 5.41) is 3.70. The van der Waals surface area contributed by atoms with Gasteiger partial charge in [0.1, 0.15) is 0 Å². The third-order valence-electron chi connectivity index (χ3n) is 9.84. The molecule has 0 radical (unpaired) electrons. The summed E-state index contributed by atoms with van der Waals surface area (Å²) in [4.78, 5) is 0. The SMILES string of the molecule is [2H]c1c(-c2ccc3c(c2)c2ccc(-c4ccccc4)cc2n3-c2ccc(-c3ccccc3)cc2)c([2H])c2c3ccccc3n(-c3ccccc3)c2c1[2H]. The summed E-state index contributed by atoms with van der Waals surface area (Å²) in [5.41, 5.74) is 11.4. The van der Waals surface area contributed by atoms with Crippen molar-refractivity contribution in [1.82, 2.24) is 9.13 Å². The molecule has 0 aliphatic heterocycles. The van der Waals surface area contributed by atoms with E-state index < -0.39 is 0 Å². The van der Waals surface area contributed by atoms with Gasteiger partial charge in [-0.25, -0.2) is 0 Å². The fourth-order valence-electron chi connectivity index (χ4n) is 7.45. The van der Waals surface area contributed by atoms with Crippen LogP contribution in [0.15, 0.2) is 194 Å². The topological polar surface area (TPSA) is 9.86 Å². The van der Waals surface area contributed by atoms with Crippen molar-refractivity contribution in [3.8, 4) is 44.8 Å². The maximum absolute atomic E-state index is 9.68. The van der Waals surface area contributed by atoms with Crippen molar-refractivity contribution in [2.45, 2.75) is 0 Å². The van der Waals surface area contributed by atoms with Crippen LogP contribution in [0.1, 0.15) is 4.11 Å². The third-order valence-corrected chi connectivity index (χ3v) is 9.84. The first-order chi connectivity index (χ1) is 26.1. The largest absolute Gasteiger partial charge is 0.309 e. The Bertz CT molecular complexity index is 3000. The van der Waals surface area contributed by atoms with E-state index in [0.717, 1.165) is 66.3 Å². The molecule has 50 heavy (non-hydrogen) atoms. The first-order valence-electron chi connectivity index (χ1n) is 18.4. The molecule has 8 aromatic carbocycles. The Balaban J connectivity index is 1.21. The molecule has 0 N–H and O–H groups in total. The molecule has 0 spiro atoms. The van der Waals surface area contributed by atoms with E-state index in [0.29, 0.717) is 16.5 Å². The second kappa shape index (κ2) is 11.5. The molecule has 0 aliphatic rings. The Morgan fingerprint density at radius 3 is 1.58 bits per heavy atom. The van der Waals surface area contributed by atoms with Crippen molar-refractivity contribution >= 4 is 43.6 Å². The molecule has 10 aromatic rings. The summed E-state index contributed by atoms with van der Waals surface area (Å²) >= 11 is 0. The number of para-hydroxylation sites is 2. The lowest BCUT2D eigenvalue weighted by atomic mass is 9.99. The molecule has 2 aromatic heterocycles. The van der Waals surface area contributed by atoms with Crippen LogP contribution in [0.3, 0.4) is 0 Å². The number of hydrogen-bond acceptors (Lipinski definition) is 0. The van der Waals surface area contributed by atoms with Gasteiger partial charge in [0.2, 0.25) is 0 Å². The minimum atomic E-state index is 0.0495. The molecule has 0 atom stereocenters. The molecule has 0 saturated carbocycles. The number of nitrogens with zero attached hydrogens (tertiary/aromatic N) is 2. The van der Waals surface area contributed by atoms with Gasteiger partial charge in [0.05, 0.1) is 26.2 Å². The molecule has 10 rings (SSSR count). The number of benzene rings is 8. The van der Waals surface area contributed by atoms with Gasteiger partial charge in [-0.2, -0.15) is 0 Å². The normalized spacial score (nSPS) is 12.4. The number of hydrogen-bond donors (Lipinski definition) is 0. The van der Waals surface area contributed by atoms with Crippen molar-refractivity contribution in [2.75, 3.05) is 0 Å². The molecule has 2 heterocycles. The Morgan fingerprint density at radius 2 is 0.820 bits per heavy atom. The van der Waals surface area contributed by atoms with E-state index in [2.05, 4.69) is 108 Å². The van der Waals surface area contributed by atoms with E-state index in [4.69, 9.17) is 0 Å². The van der Waals surface area contributed by atoms with Gasteiger partial charge < -0.3 is 9.13 Å². The predicted octanol–water partition coefficient (Wildman–Crippen LogP) is 12.9. The van der Waals surface area contributed by atoms with Crippen LogP contribution >= 0.6 is 0 Å². The minimum absolute atomic E-state index is 0.0495. The van der Waals surface area contributed by atoms with E-state index in [1.54, 1.807) is 0 Å². The van der Waals surface area contributed by atoms with Crippen molar-refractivity contribution in [3.05, 3.63) is 194 Å². The maximum Gasteiger partial charge on any atom is 0.0645 e. The summed E-state index contributed by atoms with van der Waals surface area (Å²) in [6, 6.07) is 60.8. The second-order valence-corrected chi connectivity index (χ2v) is 12.7. The summed E-state index contributed by atoms with van der Waals surface area (Å²) in [5.74, 6) is 0. The van der Waals surface area contributed by atoms with Crippen LogP contribution in [-0.2, 0) is 0 Å². The lowest BCUT2D eigenvalue weighted by Gasteiger charge is -2.11. The van der Waals surface area contributed by atoms with E-state index in [-0.39, 0.29) is 18.1 Å². The second-order valence-electron chi connectivity index (χ2n) is 12.7. The molecule has 2 nitrogen and oxygen atoms in total. The smallest absolute Gasteiger partial charge is 0.0645 e. The summed E-state index contributed by atoms with van der Waals surface area (Å²) in [6.07, 6.45) is 0. The lowest BCUT2D eigenvalue weighted by molar-refractivity contribution is 1.18. The molecule has 234 valence electrons. The Labute approximate surface area is 294 Å². The molecule has 0 saturated heterocycles. The molecule has 0 fully saturated rings.